The first kappa shape index (κ1) is 16.3. The molecule has 1 amide bonds. The van der Waals surface area contributed by atoms with Crippen LogP contribution in [0, 0.1) is 5.92 Å². The van der Waals surface area contributed by atoms with E-state index >= 15 is 0 Å². The van der Waals surface area contributed by atoms with Crippen molar-refractivity contribution in [2.45, 2.75) is 31.5 Å². The van der Waals surface area contributed by atoms with Gasteiger partial charge < -0.3 is 10.1 Å². The van der Waals surface area contributed by atoms with Crippen LogP contribution in [0.4, 0.5) is 13.2 Å². The molecule has 22 heavy (non-hydrogen) atoms. The molecule has 0 radical (unpaired) electrons. The number of halogens is 3. The number of esters is 1. The molecule has 0 unspecified atom stereocenters. The Hall–Kier alpha value is -2.05. The van der Waals surface area contributed by atoms with Crippen molar-refractivity contribution >= 4 is 11.9 Å². The summed E-state index contributed by atoms with van der Waals surface area (Å²) in [5.74, 6) is -1.04. The van der Waals surface area contributed by atoms with E-state index in [9.17, 15) is 22.8 Å². The summed E-state index contributed by atoms with van der Waals surface area (Å²) < 4.78 is 42.7. The lowest BCUT2D eigenvalue weighted by atomic mass is 10.0. The Morgan fingerprint density at radius 1 is 1.36 bits per heavy atom. The Morgan fingerprint density at radius 2 is 2.05 bits per heavy atom. The number of ether oxygens (including phenoxy) is 1. The van der Waals surface area contributed by atoms with Gasteiger partial charge in [0.1, 0.15) is 6.04 Å². The molecule has 7 heteroatoms. The molecule has 1 aromatic carbocycles. The average Bonchev–Trinajstić information content (AvgIpc) is 3.29. The summed E-state index contributed by atoms with van der Waals surface area (Å²) in [5, 5.41) is 2.54. The van der Waals surface area contributed by atoms with Crippen molar-refractivity contribution in [2.75, 3.05) is 7.11 Å². The third kappa shape index (κ3) is 4.22. The molecule has 1 saturated carbocycles. The number of hydrogen-bond acceptors (Lipinski definition) is 3. The topological polar surface area (TPSA) is 55.4 Å². The molecule has 1 fully saturated rings. The molecule has 120 valence electrons. The largest absolute Gasteiger partial charge is 0.467 e. The number of carbonyl (C=O) groups excluding carboxylic acids is 2. The highest BCUT2D eigenvalue weighted by Gasteiger charge is 2.34. The third-order valence-corrected chi connectivity index (χ3v) is 3.44. The first-order chi connectivity index (χ1) is 10.3. The van der Waals surface area contributed by atoms with Gasteiger partial charge in [-0.3, -0.25) is 4.79 Å². The van der Waals surface area contributed by atoms with Gasteiger partial charge in [-0.15, -0.1) is 0 Å². The van der Waals surface area contributed by atoms with Crippen LogP contribution in [0.1, 0.15) is 24.0 Å². The SMILES string of the molecule is COC(=O)[C@H](Cc1cccc(C(F)(F)F)c1)NC(=O)C1CC1. The van der Waals surface area contributed by atoms with Gasteiger partial charge in [0, 0.05) is 12.3 Å². The summed E-state index contributed by atoms with van der Waals surface area (Å²) in [6.45, 7) is 0. The van der Waals surface area contributed by atoms with Crippen molar-refractivity contribution in [1.29, 1.82) is 0 Å². The third-order valence-electron chi connectivity index (χ3n) is 3.44. The zero-order valence-electron chi connectivity index (χ0n) is 11.9. The van der Waals surface area contributed by atoms with Crippen molar-refractivity contribution in [3.8, 4) is 0 Å². The van der Waals surface area contributed by atoms with Crippen molar-refractivity contribution in [1.82, 2.24) is 5.32 Å². The minimum absolute atomic E-state index is 0.0466. The van der Waals surface area contributed by atoms with Crippen LogP contribution >= 0.6 is 0 Å². The summed E-state index contributed by atoms with van der Waals surface area (Å²) in [6, 6.07) is 3.70. The predicted octanol–water partition coefficient (Wildman–Crippen LogP) is 2.32. The molecule has 0 aliphatic heterocycles. The highest BCUT2D eigenvalue weighted by molar-refractivity contribution is 5.87. The molecule has 0 spiro atoms. The van der Waals surface area contributed by atoms with Gasteiger partial charge in [-0.25, -0.2) is 4.79 Å². The molecule has 0 saturated heterocycles. The molecule has 1 aliphatic carbocycles. The maximum atomic E-state index is 12.7. The van der Waals surface area contributed by atoms with Gasteiger partial charge in [-0.1, -0.05) is 18.2 Å². The second kappa shape index (κ2) is 6.37. The molecular weight excluding hydrogens is 299 g/mol. The van der Waals surface area contributed by atoms with Gasteiger partial charge in [0.25, 0.3) is 0 Å². The molecule has 0 aromatic heterocycles. The Bertz CT molecular complexity index is 567. The van der Waals surface area contributed by atoms with E-state index in [4.69, 9.17) is 0 Å². The Balaban J connectivity index is 2.12. The van der Waals surface area contributed by atoms with Crippen LogP contribution in [0.5, 0.6) is 0 Å². The molecule has 1 atom stereocenters. The maximum absolute atomic E-state index is 12.7. The van der Waals surface area contributed by atoms with E-state index in [1.165, 1.54) is 19.2 Å². The van der Waals surface area contributed by atoms with Gasteiger partial charge in [-0.2, -0.15) is 13.2 Å². The summed E-state index contributed by atoms with van der Waals surface area (Å²) >= 11 is 0. The fourth-order valence-electron chi connectivity index (χ4n) is 2.08. The minimum atomic E-state index is -4.45. The molecule has 2 rings (SSSR count). The number of amides is 1. The van der Waals surface area contributed by atoms with Crippen molar-refractivity contribution < 1.29 is 27.5 Å². The van der Waals surface area contributed by atoms with Gasteiger partial charge in [-0.05, 0) is 24.5 Å². The lowest BCUT2D eigenvalue weighted by molar-refractivity contribution is -0.145. The van der Waals surface area contributed by atoms with E-state index in [1.807, 2.05) is 0 Å². The molecule has 1 aromatic rings. The van der Waals surface area contributed by atoms with Crippen LogP contribution in [0.25, 0.3) is 0 Å². The van der Waals surface area contributed by atoms with E-state index < -0.39 is 23.8 Å². The molecule has 0 heterocycles. The van der Waals surface area contributed by atoms with E-state index in [-0.39, 0.29) is 18.2 Å². The summed E-state index contributed by atoms with van der Waals surface area (Å²) in [7, 11) is 1.17. The first-order valence-electron chi connectivity index (χ1n) is 6.85. The lowest BCUT2D eigenvalue weighted by Crippen LogP contribution is -2.43. The smallest absolute Gasteiger partial charge is 0.416 e. The van der Waals surface area contributed by atoms with Crippen LogP contribution < -0.4 is 5.32 Å². The van der Waals surface area contributed by atoms with Crippen LogP contribution in [-0.2, 0) is 26.9 Å². The number of benzene rings is 1. The van der Waals surface area contributed by atoms with Crippen molar-refractivity contribution in [3.63, 3.8) is 0 Å². The highest BCUT2D eigenvalue weighted by Crippen LogP contribution is 2.30. The van der Waals surface area contributed by atoms with Gasteiger partial charge in [0.15, 0.2) is 0 Å². The van der Waals surface area contributed by atoms with Crippen LogP contribution in [0.3, 0.4) is 0 Å². The second-order valence-corrected chi connectivity index (χ2v) is 5.26. The number of rotatable bonds is 5. The lowest BCUT2D eigenvalue weighted by Gasteiger charge is -2.17. The zero-order chi connectivity index (χ0) is 16.3. The molecule has 4 nitrogen and oxygen atoms in total. The van der Waals surface area contributed by atoms with E-state index in [1.54, 1.807) is 0 Å². The number of hydrogen-bond donors (Lipinski definition) is 1. The standard InChI is InChI=1S/C15H16F3NO3/c1-22-14(21)12(19-13(20)10-5-6-10)8-9-3-2-4-11(7-9)15(16,17)18/h2-4,7,10,12H,5-6,8H2,1H3,(H,19,20)/t12-/m0/s1. The van der Waals surface area contributed by atoms with Crippen molar-refractivity contribution in [2.24, 2.45) is 5.92 Å². The first-order valence-corrected chi connectivity index (χ1v) is 6.85. The van der Waals surface area contributed by atoms with E-state index in [2.05, 4.69) is 10.1 Å². The highest BCUT2D eigenvalue weighted by atomic mass is 19.4. The fourth-order valence-corrected chi connectivity index (χ4v) is 2.08. The van der Waals surface area contributed by atoms with Crippen molar-refractivity contribution in [3.05, 3.63) is 35.4 Å². The minimum Gasteiger partial charge on any atom is -0.467 e. The molecular formula is C15H16F3NO3. The number of carbonyl (C=O) groups is 2. The quantitative estimate of drug-likeness (QED) is 0.849. The summed E-state index contributed by atoms with van der Waals surface area (Å²) in [4.78, 5) is 23.5. The number of methoxy groups -OCH3 is 1. The number of alkyl halides is 3. The molecule has 1 N–H and O–H groups in total. The summed E-state index contributed by atoms with van der Waals surface area (Å²) in [6.07, 6.45) is -2.96. The van der Waals surface area contributed by atoms with Crippen LogP contribution in [-0.4, -0.2) is 25.0 Å². The number of nitrogens with one attached hydrogen (secondary N) is 1. The maximum Gasteiger partial charge on any atom is 0.416 e. The normalized spacial score (nSPS) is 16.0. The Morgan fingerprint density at radius 3 is 2.59 bits per heavy atom. The Kier molecular flexibility index (Phi) is 4.73. The second-order valence-electron chi connectivity index (χ2n) is 5.26. The molecule has 1 aliphatic rings. The van der Waals surface area contributed by atoms with Gasteiger partial charge in [0.2, 0.25) is 5.91 Å². The van der Waals surface area contributed by atoms with Crippen LogP contribution in [0.15, 0.2) is 24.3 Å². The Labute approximate surface area is 125 Å². The fraction of sp³-hybridized carbons (Fsp3) is 0.467. The molecule has 0 bridgehead atoms. The predicted molar refractivity (Wildman–Crippen MR) is 71.8 cm³/mol. The van der Waals surface area contributed by atoms with Gasteiger partial charge >= 0.3 is 12.1 Å². The summed E-state index contributed by atoms with van der Waals surface area (Å²) in [5.41, 5.74) is -0.483. The average molecular weight is 315 g/mol. The van der Waals surface area contributed by atoms with Gasteiger partial charge in [0.05, 0.1) is 12.7 Å². The van der Waals surface area contributed by atoms with Crippen LogP contribution in [0.2, 0.25) is 0 Å². The monoisotopic (exact) mass is 315 g/mol. The van der Waals surface area contributed by atoms with E-state index in [0.717, 1.165) is 25.0 Å². The van der Waals surface area contributed by atoms with E-state index in [0.29, 0.717) is 5.56 Å². The zero-order valence-corrected chi connectivity index (χ0v) is 11.9.